The van der Waals surface area contributed by atoms with Crippen LogP contribution in [0.2, 0.25) is 0 Å². The van der Waals surface area contributed by atoms with Crippen LogP contribution in [0.3, 0.4) is 0 Å². The molecule has 142 valence electrons. The number of carbonyl (C=O) groups is 2. The summed E-state index contributed by atoms with van der Waals surface area (Å²) in [5.74, 6) is -1.61. The Kier molecular flexibility index (Phi) is 5.12. The van der Waals surface area contributed by atoms with Crippen molar-refractivity contribution in [1.82, 2.24) is 20.1 Å². The number of rotatable bonds is 6. The first-order chi connectivity index (χ1) is 12.9. The van der Waals surface area contributed by atoms with Gasteiger partial charge in [0.25, 0.3) is 11.6 Å². The molecular formula is C16H17N5O6. The van der Waals surface area contributed by atoms with Crippen LogP contribution in [-0.4, -0.2) is 55.4 Å². The number of ether oxygens (including phenoxy) is 1. The van der Waals surface area contributed by atoms with Crippen LogP contribution in [0, 0.1) is 10.1 Å². The van der Waals surface area contributed by atoms with Gasteiger partial charge in [-0.2, -0.15) is 5.10 Å². The van der Waals surface area contributed by atoms with Crippen molar-refractivity contribution in [1.29, 1.82) is 0 Å². The molecule has 0 spiro atoms. The molecule has 1 aromatic heterocycles. The number of aliphatic carboxylic acids is 1. The van der Waals surface area contributed by atoms with E-state index in [1.807, 2.05) is 0 Å². The van der Waals surface area contributed by atoms with Crippen LogP contribution >= 0.6 is 0 Å². The first-order valence-electron chi connectivity index (χ1n) is 8.16. The van der Waals surface area contributed by atoms with Gasteiger partial charge in [-0.3, -0.25) is 19.7 Å². The van der Waals surface area contributed by atoms with Crippen LogP contribution in [0.25, 0.3) is 5.69 Å². The van der Waals surface area contributed by atoms with E-state index in [2.05, 4.69) is 15.4 Å². The van der Waals surface area contributed by atoms with E-state index in [1.165, 1.54) is 29.5 Å². The van der Waals surface area contributed by atoms with E-state index >= 15 is 0 Å². The van der Waals surface area contributed by atoms with Crippen molar-refractivity contribution in [3.63, 3.8) is 0 Å². The minimum absolute atomic E-state index is 0.0572. The fourth-order valence-corrected chi connectivity index (χ4v) is 3.05. The van der Waals surface area contributed by atoms with Crippen molar-refractivity contribution in [3.05, 3.63) is 46.5 Å². The number of carbonyl (C=O) groups excluding carboxylic acids is 1. The van der Waals surface area contributed by atoms with Crippen LogP contribution in [0.15, 0.2) is 30.9 Å². The lowest BCUT2D eigenvalue weighted by molar-refractivity contribution is -0.384. The van der Waals surface area contributed by atoms with Gasteiger partial charge in [0.2, 0.25) is 0 Å². The van der Waals surface area contributed by atoms with Gasteiger partial charge < -0.3 is 15.2 Å². The van der Waals surface area contributed by atoms with E-state index in [1.54, 1.807) is 0 Å². The van der Waals surface area contributed by atoms with Crippen LogP contribution in [0.4, 0.5) is 5.69 Å². The highest BCUT2D eigenvalue weighted by Gasteiger charge is 2.37. The number of carboxylic acid groups (broad SMARTS) is 1. The fourth-order valence-electron chi connectivity index (χ4n) is 3.05. The zero-order valence-electron chi connectivity index (χ0n) is 14.2. The topological polar surface area (TPSA) is 149 Å². The minimum Gasteiger partial charge on any atom is -0.481 e. The third-order valence-corrected chi connectivity index (χ3v) is 4.42. The van der Waals surface area contributed by atoms with Crippen LogP contribution < -0.4 is 5.32 Å². The Balaban J connectivity index is 1.89. The Labute approximate surface area is 153 Å². The van der Waals surface area contributed by atoms with Crippen molar-refractivity contribution in [2.75, 3.05) is 13.2 Å². The molecule has 1 amide bonds. The highest BCUT2D eigenvalue weighted by molar-refractivity contribution is 5.96. The predicted octanol–water partition coefficient (Wildman–Crippen LogP) is 0.929. The van der Waals surface area contributed by atoms with Crippen molar-refractivity contribution in [2.45, 2.75) is 24.8 Å². The molecule has 1 saturated heterocycles. The van der Waals surface area contributed by atoms with Gasteiger partial charge in [-0.25, -0.2) is 9.67 Å². The Morgan fingerprint density at radius 3 is 2.70 bits per heavy atom. The van der Waals surface area contributed by atoms with Gasteiger partial charge in [-0.1, -0.05) is 0 Å². The summed E-state index contributed by atoms with van der Waals surface area (Å²) in [6.45, 7) is 0.665. The lowest BCUT2D eigenvalue weighted by Gasteiger charge is -2.36. The maximum Gasteiger partial charge on any atom is 0.305 e. The number of nitro groups is 1. The third-order valence-electron chi connectivity index (χ3n) is 4.42. The quantitative estimate of drug-likeness (QED) is 0.559. The van der Waals surface area contributed by atoms with Gasteiger partial charge in [0.1, 0.15) is 18.3 Å². The second-order valence-corrected chi connectivity index (χ2v) is 6.22. The number of nitrogens with one attached hydrogen (secondary N) is 1. The van der Waals surface area contributed by atoms with E-state index in [-0.39, 0.29) is 23.4 Å². The van der Waals surface area contributed by atoms with Crippen molar-refractivity contribution < 1.29 is 24.4 Å². The number of hydrogen-bond acceptors (Lipinski definition) is 7. The Hall–Kier alpha value is -3.34. The average Bonchev–Trinajstić information content (AvgIpc) is 3.15. The molecule has 11 heteroatoms. The number of nitro benzene ring substituents is 1. The average molecular weight is 375 g/mol. The van der Waals surface area contributed by atoms with Crippen LogP contribution in [0.5, 0.6) is 0 Å². The van der Waals surface area contributed by atoms with E-state index in [0.29, 0.717) is 26.1 Å². The van der Waals surface area contributed by atoms with Crippen molar-refractivity contribution in [2.24, 2.45) is 0 Å². The van der Waals surface area contributed by atoms with Gasteiger partial charge in [0.05, 0.1) is 16.9 Å². The molecule has 1 aliphatic rings. The van der Waals surface area contributed by atoms with Gasteiger partial charge in [-0.05, 0) is 25.0 Å². The second kappa shape index (κ2) is 7.50. The van der Waals surface area contributed by atoms with Crippen LogP contribution in [-0.2, 0) is 9.53 Å². The monoisotopic (exact) mass is 375 g/mol. The second-order valence-electron chi connectivity index (χ2n) is 6.22. The summed E-state index contributed by atoms with van der Waals surface area (Å²) in [6.07, 6.45) is 3.01. The summed E-state index contributed by atoms with van der Waals surface area (Å²) in [4.78, 5) is 38.4. The molecule has 0 aliphatic carbocycles. The highest BCUT2D eigenvalue weighted by Crippen LogP contribution is 2.27. The largest absolute Gasteiger partial charge is 0.481 e. The molecule has 27 heavy (non-hydrogen) atoms. The summed E-state index contributed by atoms with van der Waals surface area (Å²) in [5.41, 5.74) is -1.03. The zero-order chi connectivity index (χ0) is 19.4. The summed E-state index contributed by atoms with van der Waals surface area (Å²) in [5, 5.41) is 27.2. The number of carboxylic acids is 1. The molecule has 0 atom stereocenters. The summed E-state index contributed by atoms with van der Waals surface area (Å²) in [7, 11) is 0. The number of aromatic nitrogens is 3. The SMILES string of the molecule is O=C(O)CC1(NC(=O)c2ccc(-n3cncn3)c([N+](=O)[O-])c2)CCOCC1. The summed E-state index contributed by atoms with van der Waals surface area (Å²) in [6, 6.07) is 3.96. The molecule has 2 N–H and O–H groups in total. The molecule has 0 bridgehead atoms. The minimum atomic E-state index is -1.04. The molecule has 3 rings (SSSR count). The molecule has 1 aliphatic heterocycles. The third kappa shape index (κ3) is 4.08. The van der Waals surface area contributed by atoms with Gasteiger partial charge in [0.15, 0.2) is 0 Å². The van der Waals surface area contributed by atoms with E-state index in [0.717, 1.165) is 6.07 Å². The maximum atomic E-state index is 12.7. The normalized spacial score (nSPS) is 15.9. The Morgan fingerprint density at radius 2 is 2.11 bits per heavy atom. The number of hydrogen-bond donors (Lipinski definition) is 2. The molecule has 0 saturated carbocycles. The molecule has 0 unspecified atom stereocenters. The molecule has 2 heterocycles. The van der Waals surface area contributed by atoms with E-state index in [4.69, 9.17) is 4.74 Å². The van der Waals surface area contributed by atoms with Gasteiger partial charge in [0, 0.05) is 24.8 Å². The van der Waals surface area contributed by atoms with Gasteiger partial charge in [-0.15, -0.1) is 0 Å². The smallest absolute Gasteiger partial charge is 0.305 e. The maximum absolute atomic E-state index is 12.7. The number of nitrogens with zero attached hydrogens (tertiary/aromatic N) is 4. The summed E-state index contributed by atoms with van der Waals surface area (Å²) < 4.78 is 6.48. The predicted molar refractivity (Wildman–Crippen MR) is 90.5 cm³/mol. The molecule has 0 radical (unpaired) electrons. The zero-order valence-corrected chi connectivity index (χ0v) is 14.2. The molecule has 1 fully saturated rings. The van der Waals surface area contributed by atoms with E-state index < -0.39 is 22.3 Å². The Bertz CT molecular complexity index is 860. The highest BCUT2D eigenvalue weighted by atomic mass is 16.6. The van der Waals surface area contributed by atoms with Gasteiger partial charge >= 0.3 is 5.97 Å². The molecule has 2 aromatic rings. The summed E-state index contributed by atoms with van der Waals surface area (Å²) >= 11 is 0. The molecular weight excluding hydrogens is 358 g/mol. The molecule has 11 nitrogen and oxygen atoms in total. The number of benzene rings is 1. The number of amides is 1. The van der Waals surface area contributed by atoms with Crippen molar-refractivity contribution in [3.8, 4) is 5.69 Å². The first kappa shape index (κ1) is 18.5. The lowest BCUT2D eigenvalue weighted by Crippen LogP contribution is -2.53. The lowest BCUT2D eigenvalue weighted by atomic mass is 9.86. The Morgan fingerprint density at radius 1 is 1.37 bits per heavy atom. The van der Waals surface area contributed by atoms with Crippen molar-refractivity contribution >= 4 is 17.6 Å². The van der Waals surface area contributed by atoms with E-state index in [9.17, 15) is 24.8 Å². The fraction of sp³-hybridized carbons (Fsp3) is 0.375. The first-order valence-corrected chi connectivity index (χ1v) is 8.16. The molecule has 1 aromatic carbocycles. The van der Waals surface area contributed by atoms with Crippen LogP contribution in [0.1, 0.15) is 29.6 Å². The standard InChI is InChI=1S/C16H17N5O6/c22-14(23)8-16(3-5-27-6-4-16)19-15(24)11-1-2-12(13(7-11)21(25)26)20-10-17-9-18-20/h1-2,7,9-10H,3-6,8H2,(H,19,24)(H,22,23).